The van der Waals surface area contributed by atoms with Crippen LogP contribution in [0.5, 0.6) is 0 Å². The van der Waals surface area contributed by atoms with E-state index in [0.29, 0.717) is 0 Å². The predicted octanol–water partition coefficient (Wildman–Crippen LogP) is 17.0. The summed E-state index contributed by atoms with van der Waals surface area (Å²) in [6, 6.07) is 84.2. The van der Waals surface area contributed by atoms with E-state index in [1.807, 2.05) is 11.3 Å². The van der Waals surface area contributed by atoms with Gasteiger partial charge in [0.2, 0.25) is 0 Å². The minimum Gasteiger partial charge on any atom is -0.310 e. The number of rotatable bonds is 4. The average molecular weight is 816 g/mol. The fourth-order valence-electron chi connectivity index (χ4n) is 11.5. The molecule has 1 heterocycles. The zero-order valence-electron chi connectivity index (χ0n) is 34.2. The van der Waals surface area contributed by atoms with Crippen molar-refractivity contribution < 1.29 is 0 Å². The number of benzene rings is 11. The summed E-state index contributed by atoms with van der Waals surface area (Å²) >= 11 is 1.87. The molecule has 12 aromatic rings. The highest BCUT2D eigenvalue weighted by atomic mass is 32.1. The molecule has 0 amide bonds. The molecule has 2 aliphatic carbocycles. The zero-order chi connectivity index (χ0) is 41.2. The van der Waals surface area contributed by atoms with Gasteiger partial charge in [0.1, 0.15) is 0 Å². The van der Waals surface area contributed by atoms with Crippen molar-refractivity contribution in [3.63, 3.8) is 0 Å². The quantitative estimate of drug-likeness (QED) is 0.160. The fourth-order valence-corrected chi connectivity index (χ4v) is 12.6. The summed E-state index contributed by atoms with van der Waals surface area (Å²) in [5, 5.41) is 10.3. The van der Waals surface area contributed by atoms with E-state index in [0.717, 1.165) is 11.4 Å². The van der Waals surface area contributed by atoms with E-state index < -0.39 is 5.41 Å². The third-order valence-corrected chi connectivity index (χ3v) is 15.2. The van der Waals surface area contributed by atoms with E-state index in [4.69, 9.17) is 0 Å². The Balaban J connectivity index is 1.04. The van der Waals surface area contributed by atoms with Gasteiger partial charge >= 0.3 is 0 Å². The first-order valence-corrected chi connectivity index (χ1v) is 22.7. The minimum atomic E-state index is -0.508. The molecule has 0 saturated heterocycles. The summed E-state index contributed by atoms with van der Waals surface area (Å²) in [5.74, 6) is 0. The molecule has 11 aromatic carbocycles. The molecule has 0 atom stereocenters. The maximum atomic E-state index is 2.54. The molecular weight excluding hydrogens is 779 g/mol. The standard InChI is InChI=1S/C61H37NS/c1-2-16-44-42(14-1)43-15-3-4-17-45(43)52-37-41(33-34-46(44)52)62(40-31-28-38(29-32-40)39-30-35-59-53(36-39)50-21-8-12-27-58(50)63-59)57-26-13-22-51-49-20-7-11-25-56(49)61(60(51)57)54-23-9-5-18-47(54)48-19-6-10-24-55(48)61/h1-37H. The first-order chi connectivity index (χ1) is 31.3. The number of fused-ring (bicyclic) bond motifs is 19. The van der Waals surface area contributed by atoms with Crippen LogP contribution < -0.4 is 4.90 Å². The van der Waals surface area contributed by atoms with Crippen LogP contribution in [0.4, 0.5) is 17.1 Å². The van der Waals surface area contributed by atoms with Crippen LogP contribution in [0.2, 0.25) is 0 Å². The first-order valence-electron chi connectivity index (χ1n) is 21.8. The Hall–Kier alpha value is -7.78. The van der Waals surface area contributed by atoms with Crippen LogP contribution in [0.1, 0.15) is 22.3 Å². The van der Waals surface area contributed by atoms with Crippen molar-refractivity contribution in [1.29, 1.82) is 0 Å². The molecule has 0 radical (unpaired) electrons. The molecule has 1 spiro atoms. The Morgan fingerprint density at radius 1 is 0.302 bits per heavy atom. The van der Waals surface area contributed by atoms with Crippen LogP contribution in [0, 0.1) is 0 Å². The molecular formula is C61H37NS. The van der Waals surface area contributed by atoms with Crippen molar-refractivity contribution in [2.75, 3.05) is 4.90 Å². The van der Waals surface area contributed by atoms with E-state index in [2.05, 4.69) is 229 Å². The van der Waals surface area contributed by atoms with Gasteiger partial charge in [-0.1, -0.05) is 176 Å². The second kappa shape index (κ2) is 13.1. The Labute approximate surface area is 369 Å². The summed E-state index contributed by atoms with van der Waals surface area (Å²) in [6.07, 6.45) is 0. The molecule has 14 rings (SSSR count). The molecule has 0 aliphatic heterocycles. The number of anilines is 3. The largest absolute Gasteiger partial charge is 0.310 e. The number of hydrogen-bond acceptors (Lipinski definition) is 2. The van der Waals surface area contributed by atoms with E-state index in [1.54, 1.807) is 0 Å². The highest BCUT2D eigenvalue weighted by Gasteiger charge is 2.53. The van der Waals surface area contributed by atoms with Crippen molar-refractivity contribution in [2.24, 2.45) is 0 Å². The molecule has 1 aromatic heterocycles. The van der Waals surface area contributed by atoms with Gasteiger partial charge in [0.05, 0.1) is 11.1 Å². The Bertz CT molecular complexity index is 3770. The Morgan fingerprint density at radius 2 is 0.778 bits per heavy atom. The SMILES string of the molecule is c1ccc2c(c1)-c1ccccc1C21c2ccccc2-c2cccc(N(c3ccc(-c4ccc5sc6ccccc6c5c4)cc3)c3ccc4c5ccccc5c5ccccc5c4c3)c21. The van der Waals surface area contributed by atoms with Crippen molar-refractivity contribution in [2.45, 2.75) is 5.41 Å². The molecule has 0 unspecified atom stereocenters. The van der Waals surface area contributed by atoms with Crippen molar-refractivity contribution in [1.82, 2.24) is 0 Å². The lowest BCUT2D eigenvalue weighted by Gasteiger charge is -2.36. The third kappa shape index (κ3) is 4.76. The van der Waals surface area contributed by atoms with Crippen LogP contribution in [-0.4, -0.2) is 0 Å². The van der Waals surface area contributed by atoms with Crippen LogP contribution in [0.3, 0.4) is 0 Å². The van der Waals surface area contributed by atoms with Crippen molar-refractivity contribution in [3.05, 3.63) is 247 Å². The summed E-state index contributed by atoms with van der Waals surface area (Å²) in [6.45, 7) is 0. The van der Waals surface area contributed by atoms with Gasteiger partial charge in [-0.2, -0.15) is 0 Å². The summed E-state index contributed by atoms with van der Waals surface area (Å²) < 4.78 is 2.65. The maximum Gasteiger partial charge on any atom is 0.0746 e. The second-order valence-electron chi connectivity index (χ2n) is 17.1. The van der Waals surface area contributed by atoms with Crippen LogP contribution in [0.25, 0.3) is 85.9 Å². The third-order valence-electron chi connectivity index (χ3n) is 14.1. The summed E-state index contributed by atoms with van der Waals surface area (Å²) in [5.41, 5.74) is 15.9. The predicted molar refractivity (Wildman–Crippen MR) is 268 cm³/mol. The molecule has 0 N–H and O–H groups in total. The molecule has 2 heteroatoms. The van der Waals surface area contributed by atoms with E-state index in [-0.39, 0.29) is 0 Å². The van der Waals surface area contributed by atoms with Gasteiger partial charge in [-0.05, 0) is 131 Å². The molecule has 2 aliphatic rings. The van der Waals surface area contributed by atoms with Crippen LogP contribution >= 0.6 is 11.3 Å². The second-order valence-corrected chi connectivity index (χ2v) is 18.2. The average Bonchev–Trinajstić information content (AvgIpc) is 3.99. The first kappa shape index (κ1) is 34.9. The maximum absolute atomic E-state index is 2.54. The normalized spacial score (nSPS) is 13.2. The lowest BCUT2D eigenvalue weighted by Crippen LogP contribution is -2.28. The van der Waals surface area contributed by atoms with Gasteiger partial charge in [-0.25, -0.2) is 0 Å². The van der Waals surface area contributed by atoms with Gasteiger partial charge in [0, 0.05) is 37.1 Å². The molecule has 63 heavy (non-hydrogen) atoms. The van der Waals surface area contributed by atoms with Gasteiger partial charge in [-0.15, -0.1) is 11.3 Å². The fraction of sp³-hybridized carbons (Fsp3) is 0.0164. The molecule has 0 bridgehead atoms. The number of thiophene rings is 1. The number of hydrogen-bond donors (Lipinski definition) is 0. The minimum absolute atomic E-state index is 0.508. The highest BCUT2D eigenvalue weighted by molar-refractivity contribution is 7.25. The lowest BCUT2D eigenvalue weighted by atomic mass is 9.70. The lowest BCUT2D eigenvalue weighted by molar-refractivity contribution is 0.793. The van der Waals surface area contributed by atoms with E-state index in [9.17, 15) is 0 Å². The van der Waals surface area contributed by atoms with Gasteiger partial charge in [-0.3, -0.25) is 0 Å². The van der Waals surface area contributed by atoms with E-state index in [1.165, 1.54) is 114 Å². The number of nitrogens with zero attached hydrogens (tertiary/aromatic N) is 1. The van der Waals surface area contributed by atoms with Crippen LogP contribution in [0.15, 0.2) is 224 Å². The highest BCUT2D eigenvalue weighted by Crippen LogP contribution is 2.65. The molecule has 0 saturated carbocycles. The molecule has 1 nitrogen and oxygen atoms in total. The van der Waals surface area contributed by atoms with E-state index >= 15 is 0 Å². The smallest absolute Gasteiger partial charge is 0.0746 e. The Morgan fingerprint density at radius 3 is 1.43 bits per heavy atom. The van der Waals surface area contributed by atoms with Crippen molar-refractivity contribution in [3.8, 4) is 33.4 Å². The van der Waals surface area contributed by atoms with Gasteiger partial charge < -0.3 is 4.90 Å². The van der Waals surface area contributed by atoms with Crippen molar-refractivity contribution >= 4 is 80.9 Å². The topological polar surface area (TPSA) is 3.24 Å². The van der Waals surface area contributed by atoms with Gasteiger partial charge in [0.25, 0.3) is 0 Å². The molecule has 292 valence electrons. The van der Waals surface area contributed by atoms with Crippen LogP contribution in [-0.2, 0) is 5.41 Å². The van der Waals surface area contributed by atoms with Gasteiger partial charge in [0.15, 0.2) is 0 Å². The molecule has 0 fully saturated rings. The Kier molecular flexibility index (Phi) is 7.26. The monoisotopic (exact) mass is 815 g/mol. The summed E-state index contributed by atoms with van der Waals surface area (Å²) in [7, 11) is 0. The zero-order valence-corrected chi connectivity index (χ0v) is 35.0. The summed E-state index contributed by atoms with van der Waals surface area (Å²) in [4.78, 5) is 2.54.